The second kappa shape index (κ2) is 6.29. The lowest BCUT2D eigenvalue weighted by Gasteiger charge is -2.37. The van der Waals surface area contributed by atoms with Crippen LogP contribution in [0, 0.1) is 0 Å². The molecule has 0 saturated carbocycles. The van der Waals surface area contributed by atoms with Crippen molar-refractivity contribution < 1.29 is 8.42 Å². The molecule has 0 amide bonds. The van der Waals surface area contributed by atoms with Crippen LogP contribution in [0.3, 0.4) is 0 Å². The highest BCUT2D eigenvalue weighted by Gasteiger charge is 2.31. The van der Waals surface area contributed by atoms with E-state index in [9.17, 15) is 8.42 Å². The number of benzene rings is 1. The van der Waals surface area contributed by atoms with Crippen LogP contribution in [0.25, 0.3) is 5.57 Å². The van der Waals surface area contributed by atoms with Crippen molar-refractivity contribution in [2.45, 2.75) is 44.6 Å². The van der Waals surface area contributed by atoms with Crippen LogP contribution in [0.2, 0.25) is 0 Å². The topological polar surface area (TPSA) is 37.4 Å². The molecular formula is C18H23NO2S. The molecule has 118 valence electrons. The second-order valence-electron chi connectivity index (χ2n) is 6.22. The van der Waals surface area contributed by atoms with Crippen LogP contribution >= 0.6 is 0 Å². The average Bonchev–Trinajstić information content (AvgIpc) is 2.47. The van der Waals surface area contributed by atoms with Crippen LogP contribution in [0.4, 0.5) is 0 Å². The van der Waals surface area contributed by atoms with Crippen LogP contribution in [0.1, 0.15) is 44.1 Å². The van der Waals surface area contributed by atoms with Gasteiger partial charge >= 0.3 is 0 Å². The zero-order valence-electron chi connectivity index (χ0n) is 13.0. The van der Waals surface area contributed by atoms with Crippen molar-refractivity contribution in [1.29, 1.82) is 0 Å². The van der Waals surface area contributed by atoms with E-state index in [1.807, 2.05) is 24.4 Å². The number of allylic oxidation sites excluding steroid dienone is 2. The SMILES string of the molecule is CS(=O)(=O)N1C=C(c2ccccc2)C/C2=C/CCCCC[C@H]21. The number of sulfonamides is 1. The molecule has 1 aliphatic carbocycles. The zero-order valence-corrected chi connectivity index (χ0v) is 13.8. The molecule has 0 fully saturated rings. The monoisotopic (exact) mass is 317 g/mol. The van der Waals surface area contributed by atoms with Gasteiger partial charge in [-0.1, -0.05) is 49.2 Å². The molecule has 0 radical (unpaired) electrons. The quantitative estimate of drug-likeness (QED) is 0.775. The molecule has 0 N–H and O–H groups in total. The first-order chi connectivity index (χ1) is 10.6. The second-order valence-corrected chi connectivity index (χ2v) is 8.11. The smallest absolute Gasteiger partial charge is 0.232 e. The summed E-state index contributed by atoms with van der Waals surface area (Å²) in [6.45, 7) is 0. The Morgan fingerprint density at radius 2 is 1.86 bits per heavy atom. The maximum absolute atomic E-state index is 12.3. The molecular weight excluding hydrogens is 294 g/mol. The Kier molecular flexibility index (Phi) is 4.39. The molecule has 0 bridgehead atoms. The fraction of sp³-hybridized carbons (Fsp3) is 0.444. The molecule has 1 aliphatic heterocycles. The van der Waals surface area contributed by atoms with E-state index in [2.05, 4.69) is 18.2 Å². The third-order valence-electron chi connectivity index (χ3n) is 4.53. The predicted octanol–water partition coefficient (Wildman–Crippen LogP) is 3.95. The Morgan fingerprint density at radius 1 is 1.09 bits per heavy atom. The summed E-state index contributed by atoms with van der Waals surface area (Å²) in [5, 5.41) is 0. The van der Waals surface area contributed by atoms with E-state index in [1.165, 1.54) is 24.7 Å². The van der Waals surface area contributed by atoms with Crippen LogP contribution in [-0.4, -0.2) is 25.0 Å². The summed E-state index contributed by atoms with van der Waals surface area (Å²) in [7, 11) is -3.25. The largest absolute Gasteiger partial charge is 0.270 e. The van der Waals surface area contributed by atoms with Gasteiger partial charge in [-0.25, -0.2) is 8.42 Å². The van der Waals surface area contributed by atoms with E-state index in [-0.39, 0.29) is 6.04 Å². The van der Waals surface area contributed by atoms with Gasteiger partial charge in [0.1, 0.15) is 0 Å². The van der Waals surface area contributed by atoms with E-state index >= 15 is 0 Å². The van der Waals surface area contributed by atoms with E-state index in [0.29, 0.717) is 0 Å². The molecule has 2 aliphatic rings. The maximum Gasteiger partial charge on any atom is 0.232 e. The lowest BCUT2D eigenvalue weighted by molar-refractivity contribution is 0.388. The molecule has 22 heavy (non-hydrogen) atoms. The van der Waals surface area contributed by atoms with Gasteiger partial charge in [-0.2, -0.15) is 0 Å². The predicted molar refractivity (Wildman–Crippen MR) is 90.7 cm³/mol. The summed E-state index contributed by atoms with van der Waals surface area (Å²) >= 11 is 0. The van der Waals surface area contributed by atoms with E-state index in [0.717, 1.165) is 36.8 Å². The normalized spacial score (nSPS) is 25.3. The van der Waals surface area contributed by atoms with Crippen LogP contribution < -0.4 is 0 Å². The molecule has 3 nitrogen and oxygen atoms in total. The molecule has 0 saturated heterocycles. The standard InChI is InChI=1S/C18H23NO2S/c1-22(20,21)19-14-17(15-9-6-4-7-10-15)13-16-11-5-2-3-8-12-18(16)19/h4,6-7,9-11,14,18H,2-3,5,8,12-13H2,1H3/b16-11-/t18-/m1/s1. The fourth-order valence-corrected chi connectivity index (χ4v) is 4.43. The first-order valence-electron chi connectivity index (χ1n) is 7.99. The molecule has 3 rings (SSSR count). The molecule has 1 heterocycles. The molecule has 0 unspecified atom stereocenters. The van der Waals surface area contributed by atoms with Gasteiger partial charge in [-0.3, -0.25) is 4.31 Å². The first kappa shape index (κ1) is 15.3. The van der Waals surface area contributed by atoms with Crippen LogP contribution in [-0.2, 0) is 10.0 Å². The molecule has 0 spiro atoms. The van der Waals surface area contributed by atoms with Crippen LogP contribution in [0.15, 0.2) is 48.2 Å². The summed E-state index contributed by atoms with van der Waals surface area (Å²) < 4.78 is 26.1. The highest BCUT2D eigenvalue weighted by Crippen LogP contribution is 2.36. The van der Waals surface area contributed by atoms with E-state index in [4.69, 9.17) is 0 Å². The van der Waals surface area contributed by atoms with Crippen LogP contribution in [0.5, 0.6) is 0 Å². The minimum atomic E-state index is -3.25. The minimum Gasteiger partial charge on any atom is -0.270 e. The van der Waals surface area contributed by atoms with E-state index < -0.39 is 10.0 Å². The van der Waals surface area contributed by atoms with Gasteiger partial charge in [0, 0.05) is 6.20 Å². The number of hydrogen-bond acceptors (Lipinski definition) is 2. The van der Waals surface area contributed by atoms with Crippen molar-refractivity contribution >= 4 is 15.6 Å². The summed E-state index contributed by atoms with van der Waals surface area (Å²) in [5.41, 5.74) is 3.47. The number of rotatable bonds is 2. The Labute approximate surface area is 133 Å². The Balaban J connectivity index is 2.05. The van der Waals surface area contributed by atoms with Crippen molar-refractivity contribution in [1.82, 2.24) is 4.31 Å². The summed E-state index contributed by atoms with van der Waals surface area (Å²) in [4.78, 5) is 0. The number of nitrogens with zero attached hydrogens (tertiary/aromatic N) is 1. The van der Waals surface area contributed by atoms with Crippen molar-refractivity contribution in [3.05, 3.63) is 53.7 Å². The average molecular weight is 317 g/mol. The maximum atomic E-state index is 12.3. The summed E-state index contributed by atoms with van der Waals surface area (Å²) in [6, 6.07) is 10.1. The van der Waals surface area contributed by atoms with Gasteiger partial charge in [0.25, 0.3) is 0 Å². The van der Waals surface area contributed by atoms with Crippen molar-refractivity contribution in [2.24, 2.45) is 0 Å². The van der Waals surface area contributed by atoms with Crippen molar-refractivity contribution in [2.75, 3.05) is 6.26 Å². The highest BCUT2D eigenvalue weighted by atomic mass is 32.2. The zero-order chi connectivity index (χ0) is 15.6. The molecule has 1 aromatic carbocycles. The van der Waals surface area contributed by atoms with Gasteiger partial charge in [0.05, 0.1) is 12.3 Å². The molecule has 4 heteroatoms. The van der Waals surface area contributed by atoms with E-state index in [1.54, 1.807) is 4.31 Å². The third kappa shape index (κ3) is 3.27. The van der Waals surface area contributed by atoms with Crippen molar-refractivity contribution in [3.63, 3.8) is 0 Å². The fourth-order valence-electron chi connectivity index (χ4n) is 3.41. The highest BCUT2D eigenvalue weighted by molar-refractivity contribution is 7.88. The van der Waals surface area contributed by atoms with Crippen molar-refractivity contribution in [3.8, 4) is 0 Å². The lowest BCUT2D eigenvalue weighted by atomic mass is 9.87. The van der Waals surface area contributed by atoms with Gasteiger partial charge < -0.3 is 0 Å². The summed E-state index contributed by atoms with van der Waals surface area (Å²) in [5.74, 6) is 0. The number of fused-ring (bicyclic) bond motifs is 1. The lowest BCUT2D eigenvalue weighted by Crippen LogP contribution is -2.39. The van der Waals surface area contributed by atoms with Gasteiger partial charge in [0.2, 0.25) is 10.0 Å². The Bertz CT molecular complexity index is 689. The minimum absolute atomic E-state index is 0.0164. The number of hydrogen-bond donors (Lipinski definition) is 0. The first-order valence-corrected chi connectivity index (χ1v) is 9.84. The molecule has 1 atom stereocenters. The third-order valence-corrected chi connectivity index (χ3v) is 5.65. The van der Waals surface area contributed by atoms with Gasteiger partial charge in [-0.05, 0) is 42.4 Å². The van der Waals surface area contributed by atoms with Gasteiger partial charge in [0.15, 0.2) is 0 Å². The Hall–Kier alpha value is -1.55. The Morgan fingerprint density at radius 3 is 2.59 bits per heavy atom. The molecule has 1 aromatic rings. The molecule has 0 aromatic heterocycles. The van der Waals surface area contributed by atoms with Gasteiger partial charge in [-0.15, -0.1) is 0 Å². The summed E-state index contributed by atoms with van der Waals surface area (Å²) in [6.07, 6.45) is 11.8.